The van der Waals surface area contributed by atoms with E-state index in [0.717, 1.165) is 0 Å². The Morgan fingerprint density at radius 1 is 1.21 bits per heavy atom. The van der Waals surface area contributed by atoms with Crippen molar-refractivity contribution in [1.29, 1.82) is 0 Å². The van der Waals surface area contributed by atoms with Gasteiger partial charge in [0, 0.05) is 6.42 Å². The van der Waals surface area contributed by atoms with Crippen molar-refractivity contribution in [2.45, 2.75) is 24.8 Å². The van der Waals surface area contributed by atoms with Gasteiger partial charge in [0.25, 0.3) is 0 Å². The van der Waals surface area contributed by atoms with Gasteiger partial charge < -0.3 is 5.73 Å². The highest BCUT2D eigenvalue weighted by atomic mass is 32.2. The summed E-state index contributed by atoms with van der Waals surface area (Å²) >= 11 is 0. The number of primary amides is 1. The molecule has 0 heterocycles. The third-order valence-electron chi connectivity index (χ3n) is 1.44. The molecule has 0 rings (SSSR count). The SMILES string of the molecule is NC(=O)CCCCS(=O)(=O)C(F)(F)F. The maximum atomic E-state index is 11.7. The second-order valence-corrected chi connectivity index (χ2v) is 4.79. The van der Waals surface area contributed by atoms with Crippen LogP contribution in [0.5, 0.6) is 0 Å². The maximum Gasteiger partial charge on any atom is 0.497 e. The van der Waals surface area contributed by atoms with E-state index >= 15 is 0 Å². The highest BCUT2D eigenvalue weighted by Gasteiger charge is 2.44. The Balaban J connectivity index is 3.97. The number of halogens is 3. The van der Waals surface area contributed by atoms with Gasteiger partial charge in [-0.05, 0) is 12.8 Å². The minimum absolute atomic E-state index is 0.0463. The third-order valence-corrected chi connectivity index (χ3v) is 2.97. The zero-order valence-electron chi connectivity index (χ0n) is 7.17. The Labute approximate surface area is 79.2 Å². The second-order valence-electron chi connectivity index (χ2n) is 2.69. The van der Waals surface area contributed by atoms with Crippen LogP contribution in [-0.4, -0.2) is 25.6 Å². The molecule has 84 valence electrons. The summed E-state index contributed by atoms with van der Waals surface area (Å²) in [5, 5.41) is 0. The van der Waals surface area contributed by atoms with Crippen molar-refractivity contribution < 1.29 is 26.4 Å². The molecule has 0 aromatic rings. The highest BCUT2D eigenvalue weighted by molar-refractivity contribution is 7.92. The Morgan fingerprint density at radius 3 is 2.07 bits per heavy atom. The highest BCUT2D eigenvalue weighted by Crippen LogP contribution is 2.24. The molecule has 0 radical (unpaired) electrons. The van der Waals surface area contributed by atoms with Crippen LogP contribution < -0.4 is 5.73 Å². The van der Waals surface area contributed by atoms with Crippen LogP contribution >= 0.6 is 0 Å². The average Bonchev–Trinajstić information content (AvgIpc) is 1.95. The van der Waals surface area contributed by atoms with Crippen LogP contribution in [0.1, 0.15) is 19.3 Å². The van der Waals surface area contributed by atoms with E-state index in [4.69, 9.17) is 5.73 Å². The predicted octanol–water partition coefficient (Wildman–Crippen LogP) is 0.577. The van der Waals surface area contributed by atoms with Gasteiger partial charge in [0.2, 0.25) is 15.7 Å². The van der Waals surface area contributed by atoms with Crippen molar-refractivity contribution in [3.05, 3.63) is 0 Å². The lowest BCUT2D eigenvalue weighted by Crippen LogP contribution is -2.26. The average molecular weight is 233 g/mol. The molecular weight excluding hydrogens is 223 g/mol. The standard InChI is InChI=1S/C6H10F3NO3S/c7-6(8,9)14(12,13)4-2-1-3-5(10)11/h1-4H2,(H2,10,11). The Kier molecular flexibility index (Phi) is 4.37. The van der Waals surface area contributed by atoms with Crippen molar-refractivity contribution in [3.8, 4) is 0 Å². The van der Waals surface area contributed by atoms with Gasteiger partial charge in [-0.1, -0.05) is 0 Å². The van der Waals surface area contributed by atoms with Gasteiger partial charge in [-0.25, -0.2) is 8.42 Å². The molecule has 0 aromatic heterocycles. The molecule has 0 aliphatic rings. The molecule has 0 fully saturated rings. The van der Waals surface area contributed by atoms with E-state index < -0.39 is 27.0 Å². The molecule has 0 bridgehead atoms. The van der Waals surface area contributed by atoms with E-state index in [9.17, 15) is 26.4 Å². The summed E-state index contributed by atoms with van der Waals surface area (Å²) in [6, 6.07) is 0. The molecule has 0 spiro atoms. The van der Waals surface area contributed by atoms with Crippen LogP contribution in [0.15, 0.2) is 0 Å². The van der Waals surface area contributed by atoms with Crippen molar-refractivity contribution >= 4 is 15.7 Å². The molecule has 4 nitrogen and oxygen atoms in total. The molecule has 1 amide bonds. The molecule has 14 heavy (non-hydrogen) atoms. The quantitative estimate of drug-likeness (QED) is 0.705. The van der Waals surface area contributed by atoms with Crippen LogP contribution in [0.4, 0.5) is 13.2 Å². The largest absolute Gasteiger partial charge is 0.497 e. The number of nitrogens with two attached hydrogens (primary N) is 1. The summed E-state index contributed by atoms with van der Waals surface area (Å²) in [6.45, 7) is 0. The first-order chi connectivity index (χ1) is 6.17. The van der Waals surface area contributed by atoms with Gasteiger partial charge in [-0.2, -0.15) is 13.2 Å². The van der Waals surface area contributed by atoms with Crippen LogP contribution in [-0.2, 0) is 14.6 Å². The number of unbranched alkanes of at least 4 members (excludes halogenated alkanes) is 1. The number of amides is 1. The molecular formula is C6H10F3NO3S. The van der Waals surface area contributed by atoms with Crippen molar-refractivity contribution in [3.63, 3.8) is 0 Å². The molecule has 0 atom stereocenters. The summed E-state index contributed by atoms with van der Waals surface area (Å²) in [7, 11) is -5.05. The fourth-order valence-corrected chi connectivity index (χ4v) is 1.52. The monoisotopic (exact) mass is 233 g/mol. The molecule has 0 aromatic carbocycles. The summed E-state index contributed by atoms with van der Waals surface area (Å²) < 4.78 is 56.1. The first-order valence-electron chi connectivity index (χ1n) is 3.74. The Bertz CT molecular complexity index is 296. The van der Waals surface area contributed by atoms with Gasteiger partial charge in [0.05, 0.1) is 5.75 Å². The first-order valence-corrected chi connectivity index (χ1v) is 5.39. The van der Waals surface area contributed by atoms with E-state index in [2.05, 4.69) is 0 Å². The maximum absolute atomic E-state index is 11.7. The van der Waals surface area contributed by atoms with Crippen LogP contribution in [0.3, 0.4) is 0 Å². The summed E-state index contributed by atoms with van der Waals surface area (Å²) in [4.78, 5) is 10.2. The van der Waals surface area contributed by atoms with E-state index in [1.54, 1.807) is 0 Å². The second kappa shape index (κ2) is 4.63. The number of sulfone groups is 1. The molecule has 0 saturated carbocycles. The normalized spacial score (nSPS) is 12.8. The first kappa shape index (κ1) is 13.2. The molecule has 2 N–H and O–H groups in total. The van der Waals surface area contributed by atoms with Crippen LogP contribution in [0.2, 0.25) is 0 Å². The van der Waals surface area contributed by atoms with Gasteiger partial charge in [-0.3, -0.25) is 4.79 Å². The number of alkyl halides is 3. The molecule has 8 heteroatoms. The van der Waals surface area contributed by atoms with E-state index in [1.807, 2.05) is 0 Å². The molecule has 0 aliphatic carbocycles. The lowest BCUT2D eigenvalue weighted by Gasteiger charge is -2.06. The Hall–Kier alpha value is -0.790. The topological polar surface area (TPSA) is 77.2 Å². The predicted molar refractivity (Wildman–Crippen MR) is 42.9 cm³/mol. The minimum atomic E-state index is -5.21. The lowest BCUT2D eigenvalue weighted by molar-refractivity contribution is -0.118. The molecule has 0 aliphatic heterocycles. The fraction of sp³-hybridized carbons (Fsp3) is 0.833. The molecule has 0 unspecified atom stereocenters. The van der Waals surface area contributed by atoms with Crippen LogP contribution in [0, 0.1) is 0 Å². The minimum Gasteiger partial charge on any atom is -0.370 e. The third kappa shape index (κ3) is 4.45. The summed E-state index contributed by atoms with van der Waals surface area (Å²) in [5.41, 5.74) is -0.491. The van der Waals surface area contributed by atoms with Gasteiger partial charge in [0.15, 0.2) is 0 Å². The van der Waals surface area contributed by atoms with Crippen LogP contribution in [0.25, 0.3) is 0 Å². The number of rotatable bonds is 5. The molecule has 0 saturated heterocycles. The van der Waals surface area contributed by atoms with Crippen molar-refractivity contribution in [1.82, 2.24) is 0 Å². The number of carbonyl (C=O) groups excluding carboxylic acids is 1. The zero-order valence-corrected chi connectivity index (χ0v) is 7.99. The van der Waals surface area contributed by atoms with E-state index in [-0.39, 0.29) is 19.3 Å². The zero-order chi connectivity index (χ0) is 11.4. The van der Waals surface area contributed by atoms with Gasteiger partial charge in [-0.15, -0.1) is 0 Å². The van der Waals surface area contributed by atoms with Crippen molar-refractivity contribution in [2.24, 2.45) is 5.73 Å². The Morgan fingerprint density at radius 2 is 1.71 bits per heavy atom. The lowest BCUT2D eigenvalue weighted by atomic mass is 10.2. The summed E-state index contributed by atoms with van der Waals surface area (Å²) in [6.07, 6.45) is -0.275. The number of carbonyl (C=O) groups is 1. The number of hydrogen-bond acceptors (Lipinski definition) is 3. The van der Waals surface area contributed by atoms with Crippen molar-refractivity contribution in [2.75, 3.05) is 5.75 Å². The van der Waals surface area contributed by atoms with E-state index in [0.29, 0.717) is 0 Å². The van der Waals surface area contributed by atoms with E-state index in [1.165, 1.54) is 0 Å². The number of hydrogen-bond donors (Lipinski definition) is 1. The van der Waals surface area contributed by atoms with Gasteiger partial charge >= 0.3 is 5.51 Å². The fourth-order valence-electron chi connectivity index (χ4n) is 0.707. The summed E-state index contributed by atoms with van der Waals surface area (Å²) in [5.74, 6) is -1.65. The van der Waals surface area contributed by atoms with Gasteiger partial charge in [0.1, 0.15) is 0 Å². The smallest absolute Gasteiger partial charge is 0.370 e.